The first kappa shape index (κ1) is 95.8. The van der Waals surface area contributed by atoms with Crippen molar-refractivity contribution in [2.75, 3.05) is 80.8 Å². The Hall–Kier alpha value is -3.28. The highest BCUT2D eigenvalue weighted by molar-refractivity contribution is 5.71. The monoisotopic (exact) mass is 1300 g/mol. The Labute approximate surface area is 551 Å². The van der Waals surface area contributed by atoms with Crippen molar-refractivity contribution in [2.24, 2.45) is 0 Å². The number of nitrogens with zero attached hydrogens (tertiary/aromatic N) is 2. The largest absolute Gasteiger partial charge is 1.00 e. The van der Waals surface area contributed by atoms with Gasteiger partial charge in [0.15, 0.2) is 13.1 Å². The molecule has 0 fully saturated rings. The highest BCUT2D eigenvalue weighted by atomic mass is 35.5. The van der Waals surface area contributed by atoms with Crippen molar-refractivity contribution < 1.29 is 101 Å². The third-order valence-electron chi connectivity index (χ3n) is 14.7. The number of halogens is 2. The van der Waals surface area contributed by atoms with Gasteiger partial charge < -0.3 is 72.4 Å². The van der Waals surface area contributed by atoms with Crippen LogP contribution >= 0.6 is 0 Å². The van der Waals surface area contributed by atoms with Gasteiger partial charge in [0.1, 0.15) is 38.5 Å². The van der Waals surface area contributed by atoms with E-state index in [9.17, 15) is 39.0 Å². The summed E-state index contributed by atoms with van der Waals surface area (Å²) in [6.45, 7) is 14.7. The zero-order chi connectivity index (χ0) is 63.0. The molecular weight excluding hydrogens is 1160 g/mol. The number of quaternary nitrogens is 2. The zero-order valence-corrected chi connectivity index (χ0v) is 57.7. The number of ether oxygens (including phenoxy) is 6. The number of carbonyl (C=O) groups excluding carboxylic acids is 6. The first-order valence-electron chi connectivity index (χ1n) is 33.5. The molecule has 4 unspecified atom stereocenters. The van der Waals surface area contributed by atoms with Gasteiger partial charge >= 0.3 is 35.8 Å². The highest BCUT2D eigenvalue weighted by Gasteiger charge is 2.29. The van der Waals surface area contributed by atoms with Crippen LogP contribution < -0.4 is 24.8 Å². The summed E-state index contributed by atoms with van der Waals surface area (Å²) in [4.78, 5) is 71.3. The van der Waals surface area contributed by atoms with Gasteiger partial charge in [0.05, 0.1) is 53.6 Å². The molecule has 0 heterocycles. The minimum atomic E-state index is -0.751. The van der Waals surface area contributed by atoms with Crippen LogP contribution in [0.1, 0.15) is 288 Å². The molecule has 0 aliphatic rings. The van der Waals surface area contributed by atoms with Gasteiger partial charge in [-0.05, 0) is 96.3 Å². The average molecular weight is 1300 g/mol. The van der Waals surface area contributed by atoms with E-state index >= 15 is 0 Å². The molecule has 0 rings (SSSR count). The summed E-state index contributed by atoms with van der Waals surface area (Å²) in [7, 11) is 7.65. The van der Waals surface area contributed by atoms with Crippen molar-refractivity contribution in [1.82, 2.24) is 0 Å². The molecule has 0 aromatic carbocycles. The lowest BCUT2D eigenvalue weighted by Gasteiger charge is -2.30. The van der Waals surface area contributed by atoms with E-state index in [1.165, 1.54) is 64.7 Å². The Morgan fingerprint density at radius 3 is 1.07 bits per heavy atom. The molecule has 0 aromatic heterocycles. The van der Waals surface area contributed by atoms with E-state index in [1.807, 2.05) is 54.2 Å². The molecule has 0 bridgehead atoms. The summed E-state index contributed by atoms with van der Waals surface area (Å²) in [5.41, 5.74) is 0. The molecule has 2 N–H and O–H groups in total. The van der Waals surface area contributed by atoms with E-state index in [1.54, 1.807) is 0 Å². The fourth-order valence-corrected chi connectivity index (χ4v) is 9.34. The molecule has 4 atom stereocenters. The van der Waals surface area contributed by atoms with Gasteiger partial charge in [-0.2, -0.15) is 0 Å². The van der Waals surface area contributed by atoms with Crippen LogP contribution in [0.4, 0.5) is 0 Å². The van der Waals surface area contributed by atoms with Gasteiger partial charge in [0.2, 0.25) is 0 Å². The third kappa shape index (κ3) is 65.7. The summed E-state index contributed by atoms with van der Waals surface area (Å²) < 4.78 is 33.0. The lowest BCUT2D eigenvalue weighted by molar-refractivity contribution is -0.883. The zero-order valence-electron chi connectivity index (χ0n) is 56.2. The van der Waals surface area contributed by atoms with E-state index in [0.717, 1.165) is 128 Å². The first-order valence-corrected chi connectivity index (χ1v) is 33.5. The number of aliphatic hydroxyl groups is 2. The average Bonchev–Trinajstić information content (AvgIpc) is 3.42. The van der Waals surface area contributed by atoms with Crippen LogP contribution in [0.15, 0.2) is 24.3 Å². The highest BCUT2D eigenvalue weighted by Crippen LogP contribution is 2.19. The standard InChI is InChI=1S/C40H74NO9.C28H54NO5.2CH4.2ClH/c1-6-8-21-28-37(50-40(46)34-41(4,5)30-33-49-38(44)26-7-2)36(43)27-22-17-13-9-10-14-18-23-29-39(45)48-32-25-20-16-12-11-15-19-24-31-47-35(3)42;1-6-9-11-12-13-14-15-16-18-20-25(30)26(21-17-10-7-2)34-28(32)24-29(4,5)22-23-33-27(31)19-8-3;;;;/h17,22,36-37,43H,6-16,18-21,23-34H2,1-5H3;16,18,25-26,30H,6-15,17,19-24H2,1-5H3;2*1H4;2*1H/q2*+1;;;;/p-2/b22-17-;18-16-;;;;. The normalized spacial score (nSPS) is 12.6. The molecular formula is C70H136Cl2N2O14. The van der Waals surface area contributed by atoms with Crippen molar-refractivity contribution in [3.8, 4) is 0 Å². The van der Waals surface area contributed by atoms with E-state index in [4.69, 9.17) is 28.4 Å². The maximum atomic E-state index is 12.8. The quantitative estimate of drug-likeness (QED) is 0.0192. The lowest BCUT2D eigenvalue weighted by atomic mass is 10.0. The molecule has 0 saturated carbocycles. The number of esters is 6. The Bertz CT molecular complexity index is 1700. The minimum absolute atomic E-state index is 0. The number of likely N-dealkylation sites (N-methyl/N-ethyl adjacent to an activating group) is 2. The maximum Gasteiger partial charge on any atom is 0.362 e. The molecule has 18 heteroatoms. The Morgan fingerprint density at radius 1 is 0.375 bits per heavy atom. The summed E-state index contributed by atoms with van der Waals surface area (Å²) in [5.74, 6) is -1.39. The molecule has 0 spiro atoms. The second kappa shape index (κ2) is 66.6. The Kier molecular flexibility index (Phi) is 72.6. The Balaban J connectivity index is -0.000000390. The minimum Gasteiger partial charge on any atom is -1.00 e. The SMILES string of the molecule is C.C.CCCCCC(OC(=O)C[N+](C)(C)CCOC(=O)CCC)C(O)C/C=C\CCCCCCCC(=O)OCCCCCCCCCCOC(C)=O.CCCCCCCC/C=C\CC(O)C(CCCCC)OC(=O)C[N+](C)(C)CCOC(=O)CCC.[Cl-].[Cl-]. The van der Waals surface area contributed by atoms with Gasteiger partial charge in [0.25, 0.3) is 0 Å². The van der Waals surface area contributed by atoms with Crippen LogP contribution in [0.25, 0.3) is 0 Å². The van der Waals surface area contributed by atoms with Crippen LogP contribution in [0.5, 0.6) is 0 Å². The fourth-order valence-electron chi connectivity index (χ4n) is 9.34. The van der Waals surface area contributed by atoms with Gasteiger partial charge in [-0.3, -0.25) is 19.2 Å². The van der Waals surface area contributed by atoms with Crippen molar-refractivity contribution >= 4 is 35.8 Å². The van der Waals surface area contributed by atoms with Crippen LogP contribution in [0.2, 0.25) is 0 Å². The predicted octanol–water partition coefficient (Wildman–Crippen LogP) is 9.40. The number of unbranched alkanes of at least 4 members (excludes halogenated alkanes) is 22. The summed E-state index contributed by atoms with van der Waals surface area (Å²) in [6, 6.07) is 0. The van der Waals surface area contributed by atoms with Crippen molar-refractivity contribution in [3.05, 3.63) is 24.3 Å². The molecule has 0 radical (unpaired) electrons. The predicted molar refractivity (Wildman–Crippen MR) is 351 cm³/mol. The lowest BCUT2D eigenvalue weighted by Crippen LogP contribution is -3.00. The molecule has 0 aliphatic carbocycles. The van der Waals surface area contributed by atoms with Crippen molar-refractivity contribution in [3.63, 3.8) is 0 Å². The number of allylic oxidation sites excluding steroid dienone is 2. The van der Waals surface area contributed by atoms with Crippen LogP contribution in [0.3, 0.4) is 0 Å². The van der Waals surface area contributed by atoms with Crippen molar-refractivity contribution in [2.45, 2.75) is 312 Å². The van der Waals surface area contributed by atoms with Crippen molar-refractivity contribution in [1.29, 1.82) is 0 Å². The molecule has 524 valence electrons. The molecule has 0 saturated heterocycles. The van der Waals surface area contributed by atoms with Gasteiger partial charge in [0, 0.05) is 26.2 Å². The van der Waals surface area contributed by atoms with Crippen LogP contribution in [-0.2, 0) is 57.2 Å². The summed E-state index contributed by atoms with van der Waals surface area (Å²) >= 11 is 0. The molecule has 88 heavy (non-hydrogen) atoms. The van der Waals surface area contributed by atoms with Gasteiger partial charge in [-0.25, -0.2) is 9.59 Å². The second-order valence-corrected chi connectivity index (χ2v) is 24.4. The van der Waals surface area contributed by atoms with Crippen LogP contribution in [0, 0.1) is 0 Å². The first-order chi connectivity index (χ1) is 40.3. The number of aliphatic hydroxyl groups excluding tert-OH is 2. The smallest absolute Gasteiger partial charge is 0.362 e. The summed E-state index contributed by atoms with van der Waals surface area (Å²) in [5, 5.41) is 21.6. The number of hydrogen-bond acceptors (Lipinski definition) is 14. The number of carbonyl (C=O) groups is 6. The number of rotatable bonds is 56. The molecule has 0 aliphatic heterocycles. The van der Waals surface area contributed by atoms with Gasteiger partial charge in [-0.15, -0.1) is 0 Å². The Morgan fingerprint density at radius 2 is 0.693 bits per heavy atom. The van der Waals surface area contributed by atoms with E-state index in [-0.39, 0.29) is 102 Å². The molecule has 0 amide bonds. The van der Waals surface area contributed by atoms with E-state index in [2.05, 4.69) is 32.9 Å². The van der Waals surface area contributed by atoms with Crippen LogP contribution in [-0.4, -0.2) is 160 Å². The maximum absolute atomic E-state index is 12.8. The van der Waals surface area contributed by atoms with Gasteiger partial charge in [-0.1, -0.05) is 189 Å². The topological polar surface area (TPSA) is 198 Å². The molecule has 16 nitrogen and oxygen atoms in total. The van der Waals surface area contributed by atoms with E-state index < -0.39 is 24.4 Å². The second-order valence-electron chi connectivity index (χ2n) is 24.4. The fraction of sp³-hybridized carbons (Fsp3) is 0.857. The summed E-state index contributed by atoms with van der Waals surface area (Å²) in [6.07, 6.45) is 40.4. The third-order valence-corrected chi connectivity index (χ3v) is 14.7. The van der Waals surface area contributed by atoms with E-state index in [0.29, 0.717) is 80.2 Å². The molecule has 0 aromatic rings. The number of hydrogen-bond donors (Lipinski definition) is 2.